The number of carbonyl (C=O) groups is 1. The first-order valence-electron chi connectivity index (χ1n) is 6.02. The Labute approximate surface area is 102 Å². The van der Waals surface area contributed by atoms with Crippen molar-refractivity contribution in [3.63, 3.8) is 0 Å². The highest BCUT2D eigenvalue weighted by Crippen LogP contribution is 2.31. The fourth-order valence-corrected chi connectivity index (χ4v) is 2.02. The van der Waals surface area contributed by atoms with Gasteiger partial charge in [-0.05, 0) is 35.4 Å². The predicted molar refractivity (Wildman–Crippen MR) is 67.5 cm³/mol. The minimum absolute atomic E-state index is 0.0560. The molecule has 1 aromatic carbocycles. The molecule has 0 fully saturated rings. The van der Waals surface area contributed by atoms with Gasteiger partial charge in [0.1, 0.15) is 5.75 Å². The Morgan fingerprint density at radius 2 is 2.00 bits per heavy atom. The number of benzene rings is 1. The minimum atomic E-state index is -0.832. The van der Waals surface area contributed by atoms with Gasteiger partial charge in [0.2, 0.25) is 0 Å². The number of aliphatic carboxylic acids is 1. The first-order chi connectivity index (χ1) is 7.97. The van der Waals surface area contributed by atoms with Crippen LogP contribution in [0.5, 0.6) is 5.75 Å². The summed E-state index contributed by atoms with van der Waals surface area (Å²) in [6.07, 6.45) is 1.20. The van der Waals surface area contributed by atoms with Crippen LogP contribution in [-0.4, -0.2) is 16.2 Å². The van der Waals surface area contributed by atoms with Gasteiger partial charge in [0, 0.05) is 6.42 Å². The third-order valence-electron chi connectivity index (χ3n) is 2.99. The van der Waals surface area contributed by atoms with Gasteiger partial charge >= 0.3 is 5.97 Å². The zero-order valence-electron chi connectivity index (χ0n) is 10.7. The van der Waals surface area contributed by atoms with Crippen LogP contribution in [0.3, 0.4) is 0 Å². The number of phenolic OH excluding ortho intramolecular Hbond substituents is 1. The van der Waals surface area contributed by atoms with Crippen LogP contribution in [0.15, 0.2) is 12.1 Å². The molecule has 1 aromatic rings. The third kappa shape index (κ3) is 3.22. The highest BCUT2D eigenvalue weighted by atomic mass is 16.4. The number of phenols is 1. The summed E-state index contributed by atoms with van der Waals surface area (Å²) >= 11 is 0. The second kappa shape index (κ2) is 5.71. The molecule has 0 radical (unpaired) electrons. The summed E-state index contributed by atoms with van der Waals surface area (Å²) in [5, 5.41) is 18.9. The Morgan fingerprint density at radius 1 is 1.35 bits per heavy atom. The van der Waals surface area contributed by atoms with Gasteiger partial charge in [-0.3, -0.25) is 4.79 Å². The fourth-order valence-electron chi connectivity index (χ4n) is 2.02. The first-order valence-corrected chi connectivity index (χ1v) is 6.02. The predicted octanol–water partition coefficient (Wildman–Crippen LogP) is 3.10. The van der Waals surface area contributed by atoms with Gasteiger partial charge in [-0.1, -0.05) is 32.9 Å². The van der Waals surface area contributed by atoms with E-state index >= 15 is 0 Å². The topological polar surface area (TPSA) is 57.5 Å². The minimum Gasteiger partial charge on any atom is -0.507 e. The number of rotatable bonds is 5. The average molecular weight is 236 g/mol. The van der Waals surface area contributed by atoms with Crippen LogP contribution in [0.2, 0.25) is 0 Å². The molecule has 0 saturated carbocycles. The van der Waals surface area contributed by atoms with Crippen molar-refractivity contribution in [1.29, 1.82) is 0 Å². The van der Waals surface area contributed by atoms with Gasteiger partial charge < -0.3 is 10.2 Å². The second-order valence-corrected chi connectivity index (χ2v) is 4.54. The van der Waals surface area contributed by atoms with E-state index in [2.05, 4.69) is 0 Å². The Morgan fingerprint density at radius 3 is 2.47 bits per heavy atom. The summed E-state index contributed by atoms with van der Waals surface area (Å²) in [7, 11) is 0. The Bertz CT molecular complexity index is 408. The van der Waals surface area contributed by atoms with Crippen molar-refractivity contribution >= 4 is 5.97 Å². The molecule has 0 atom stereocenters. The number of hydrogen-bond acceptors (Lipinski definition) is 2. The zero-order valence-corrected chi connectivity index (χ0v) is 10.7. The van der Waals surface area contributed by atoms with Gasteiger partial charge in [-0.25, -0.2) is 0 Å². The van der Waals surface area contributed by atoms with E-state index in [1.807, 2.05) is 32.9 Å². The van der Waals surface area contributed by atoms with Crippen LogP contribution in [0.1, 0.15) is 49.8 Å². The maximum atomic E-state index is 10.6. The molecule has 0 saturated heterocycles. The highest BCUT2D eigenvalue weighted by Gasteiger charge is 2.14. The molecule has 0 aliphatic carbocycles. The lowest BCUT2D eigenvalue weighted by Crippen LogP contribution is -2.03. The van der Waals surface area contributed by atoms with Crippen LogP contribution in [0.4, 0.5) is 0 Å². The highest BCUT2D eigenvalue weighted by molar-refractivity contribution is 5.67. The standard InChI is InChI=1S/C14H20O3/c1-4-10-5-6-11(9(2)3)12(14(10)17)7-8-13(15)16/h5-6,9,17H,4,7-8H2,1-3H3,(H,15,16). The average Bonchev–Trinajstić information content (AvgIpc) is 2.26. The normalized spacial score (nSPS) is 10.8. The molecule has 0 unspecified atom stereocenters. The second-order valence-electron chi connectivity index (χ2n) is 4.54. The van der Waals surface area contributed by atoms with E-state index in [0.717, 1.165) is 23.1 Å². The molecule has 0 spiro atoms. The molecule has 0 aliphatic rings. The number of aryl methyl sites for hydroxylation is 1. The van der Waals surface area contributed by atoms with E-state index in [0.29, 0.717) is 6.42 Å². The first kappa shape index (κ1) is 13.6. The molecular weight excluding hydrogens is 216 g/mol. The van der Waals surface area contributed by atoms with Crippen LogP contribution in [0, 0.1) is 0 Å². The smallest absolute Gasteiger partial charge is 0.303 e. The van der Waals surface area contributed by atoms with E-state index in [-0.39, 0.29) is 18.1 Å². The van der Waals surface area contributed by atoms with Crippen LogP contribution in [-0.2, 0) is 17.6 Å². The molecular formula is C14H20O3. The van der Waals surface area contributed by atoms with Crippen LogP contribution in [0.25, 0.3) is 0 Å². The number of carboxylic acid groups (broad SMARTS) is 1. The van der Waals surface area contributed by atoms with Crippen molar-refractivity contribution in [2.45, 2.75) is 46.0 Å². The monoisotopic (exact) mass is 236 g/mol. The Hall–Kier alpha value is -1.51. The molecule has 0 aliphatic heterocycles. The summed E-state index contributed by atoms with van der Waals surface area (Å²) in [4.78, 5) is 10.6. The van der Waals surface area contributed by atoms with Crippen LogP contribution < -0.4 is 0 Å². The van der Waals surface area contributed by atoms with E-state index < -0.39 is 5.97 Å². The molecule has 0 aromatic heterocycles. The molecule has 3 heteroatoms. The summed E-state index contributed by atoms with van der Waals surface area (Å²) in [6.45, 7) is 6.07. The Balaban J connectivity index is 3.15. The summed E-state index contributed by atoms with van der Waals surface area (Å²) in [6, 6.07) is 3.93. The van der Waals surface area contributed by atoms with Crippen molar-refractivity contribution in [3.05, 3.63) is 28.8 Å². The molecule has 94 valence electrons. The fraction of sp³-hybridized carbons (Fsp3) is 0.500. The molecule has 0 bridgehead atoms. The summed E-state index contributed by atoms with van der Waals surface area (Å²) in [5.74, 6) is -0.267. The SMILES string of the molecule is CCc1ccc(C(C)C)c(CCC(=O)O)c1O. The van der Waals surface area contributed by atoms with E-state index in [9.17, 15) is 9.90 Å². The van der Waals surface area contributed by atoms with Crippen LogP contribution >= 0.6 is 0 Å². The van der Waals surface area contributed by atoms with Gasteiger partial charge in [0.25, 0.3) is 0 Å². The van der Waals surface area contributed by atoms with Crippen molar-refractivity contribution in [1.82, 2.24) is 0 Å². The molecule has 1 rings (SSSR count). The summed E-state index contributed by atoms with van der Waals surface area (Å²) in [5.41, 5.74) is 2.72. The lowest BCUT2D eigenvalue weighted by atomic mass is 9.91. The lowest BCUT2D eigenvalue weighted by Gasteiger charge is -2.16. The van der Waals surface area contributed by atoms with E-state index in [1.54, 1.807) is 0 Å². The van der Waals surface area contributed by atoms with Crippen molar-refractivity contribution in [2.24, 2.45) is 0 Å². The maximum absolute atomic E-state index is 10.6. The van der Waals surface area contributed by atoms with Crippen molar-refractivity contribution in [2.75, 3.05) is 0 Å². The van der Waals surface area contributed by atoms with Crippen molar-refractivity contribution in [3.8, 4) is 5.75 Å². The Kier molecular flexibility index (Phi) is 4.55. The van der Waals surface area contributed by atoms with E-state index in [1.165, 1.54) is 0 Å². The zero-order chi connectivity index (χ0) is 13.0. The third-order valence-corrected chi connectivity index (χ3v) is 2.99. The number of hydrogen-bond donors (Lipinski definition) is 2. The molecule has 0 heterocycles. The maximum Gasteiger partial charge on any atom is 0.303 e. The number of aromatic hydroxyl groups is 1. The van der Waals surface area contributed by atoms with Crippen molar-refractivity contribution < 1.29 is 15.0 Å². The summed E-state index contributed by atoms with van der Waals surface area (Å²) < 4.78 is 0. The number of carboxylic acids is 1. The van der Waals surface area contributed by atoms with Gasteiger partial charge in [0.05, 0.1) is 0 Å². The van der Waals surface area contributed by atoms with Gasteiger partial charge in [-0.2, -0.15) is 0 Å². The molecule has 0 amide bonds. The molecule has 17 heavy (non-hydrogen) atoms. The lowest BCUT2D eigenvalue weighted by molar-refractivity contribution is -0.136. The van der Waals surface area contributed by atoms with Gasteiger partial charge in [0.15, 0.2) is 0 Å². The van der Waals surface area contributed by atoms with Gasteiger partial charge in [-0.15, -0.1) is 0 Å². The van der Waals surface area contributed by atoms with E-state index in [4.69, 9.17) is 5.11 Å². The molecule has 2 N–H and O–H groups in total. The molecule has 3 nitrogen and oxygen atoms in total. The quantitative estimate of drug-likeness (QED) is 0.826. The largest absolute Gasteiger partial charge is 0.507 e.